The summed E-state index contributed by atoms with van der Waals surface area (Å²) < 4.78 is 1.76. The number of nitrogens with two attached hydrogens (primary N) is 1. The molecule has 3 amide bonds. The van der Waals surface area contributed by atoms with Crippen molar-refractivity contribution in [2.45, 2.75) is 31.6 Å². The number of fused-ring (bicyclic) bond motifs is 3. The highest BCUT2D eigenvalue weighted by Crippen LogP contribution is 2.38. The summed E-state index contributed by atoms with van der Waals surface area (Å²) in [6.07, 6.45) is 1.33. The summed E-state index contributed by atoms with van der Waals surface area (Å²) in [5.74, 6) is -0.282. The molecule has 1 aromatic heterocycles. The summed E-state index contributed by atoms with van der Waals surface area (Å²) in [4.78, 5) is 38.1. The molecule has 0 radical (unpaired) electrons. The number of hydrogen-bond acceptors (Lipinski definition) is 5. The molecule has 0 aliphatic heterocycles. The second kappa shape index (κ2) is 11.0. The number of rotatable bonds is 7. The number of aryl methyl sites for hydroxylation is 1. The van der Waals surface area contributed by atoms with E-state index in [4.69, 9.17) is 17.3 Å². The van der Waals surface area contributed by atoms with Crippen LogP contribution < -0.4 is 16.4 Å². The average Bonchev–Trinajstić information content (AvgIpc) is 3.31. The smallest absolute Gasteiger partial charge is 0.269 e. The van der Waals surface area contributed by atoms with Crippen molar-refractivity contribution >= 4 is 52.5 Å². The number of carbonyl (C=O) groups is 3. The standard InChI is InChI=1S/C29H26ClN5O3S/c1-3-39-21-10-8-20(9-11-21)35-27-22(26(34-35)28(31)37)12-5-17-4-6-19(14-23(17)27)33-29(38)24-15-18(32-16(2)36)7-13-25(24)30/h4,6-11,13-15H,3,5,12H2,1-2H3,(H2,31,37)(H,32,36)(H,33,38). The lowest BCUT2D eigenvalue weighted by Gasteiger charge is -2.20. The van der Waals surface area contributed by atoms with E-state index in [0.717, 1.165) is 38.7 Å². The van der Waals surface area contributed by atoms with Crippen LogP contribution in [0.3, 0.4) is 0 Å². The lowest BCUT2D eigenvalue weighted by atomic mass is 9.88. The van der Waals surface area contributed by atoms with Gasteiger partial charge in [-0.15, -0.1) is 11.8 Å². The Morgan fingerprint density at radius 3 is 2.41 bits per heavy atom. The minimum absolute atomic E-state index is 0.229. The van der Waals surface area contributed by atoms with Crippen LogP contribution in [0.2, 0.25) is 5.02 Å². The predicted octanol–water partition coefficient (Wildman–Crippen LogP) is 5.71. The van der Waals surface area contributed by atoms with Gasteiger partial charge in [-0.1, -0.05) is 24.6 Å². The zero-order valence-corrected chi connectivity index (χ0v) is 22.9. The number of aromatic nitrogens is 2. The van der Waals surface area contributed by atoms with E-state index in [0.29, 0.717) is 24.2 Å². The predicted molar refractivity (Wildman–Crippen MR) is 155 cm³/mol. The molecule has 1 aliphatic rings. The lowest BCUT2D eigenvalue weighted by molar-refractivity contribution is -0.114. The molecule has 5 rings (SSSR count). The summed E-state index contributed by atoms with van der Waals surface area (Å²) in [7, 11) is 0. The fourth-order valence-electron chi connectivity index (χ4n) is 4.73. The van der Waals surface area contributed by atoms with Crippen LogP contribution in [-0.2, 0) is 17.6 Å². The largest absolute Gasteiger partial charge is 0.364 e. The highest BCUT2D eigenvalue weighted by Gasteiger charge is 2.28. The number of thioether (sulfide) groups is 1. The van der Waals surface area contributed by atoms with Crippen molar-refractivity contribution in [3.8, 4) is 16.9 Å². The number of amides is 3. The van der Waals surface area contributed by atoms with Crippen LogP contribution in [0, 0.1) is 0 Å². The maximum Gasteiger partial charge on any atom is 0.269 e. The van der Waals surface area contributed by atoms with Crippen LogP contribution in [0.25, 0.3) is 16.9 Å². The van der Waals surface area contributed by atoms with Crippen molar-refractivity contribution in [2.24, 2.45) is 5.73 Å². The second-order valence-corrected chi connectivity index (χ2v) is 10.8. The fourth-order valence-corrected chi connectivity index (χ4v) is 5.60. The van der Waals surface area contributed by atoms with Crippen molar-refractivity contribution in [1.29, 1.82) is 0 Å². The first-order valence-corrected chi connectivity index (χ1v) is 13.8. The maximum absolute atomic E-state index is 13.2. The van der Waals surface area contributed by atoms with Gasteiger partial charge in [0.15, 0.2) is 5.69 Å². The molecule has 198 valence electrons. The third-order valence-electron chi connectivity index (χ3n) is 6.41. The Kier molecular flexibility index (Phi) is 7.45. The second-order valence-electron chi connectivity index (χ2n) is 9.08. The topological polar surface area (TPSA) is 119 Å². The number of nitrogens with zero attached hydrogens (tertiary/aromatic N) is 2. The third kappa shape index (κ3) is 5.41. The van der Waals surface area contributed by atoms with E-state index in [1.807, 2.05) is 42.5 Å². The molecule has 8 nitrogen and oxygen atoms in total. The van der Waals surface area contributed by atoms with Crippen molar-refractivity contribution in [3.05, 3.63) is 88.1 Å². The molecule has 4 N–H and O–H groups in total. The Morgan fingerprint density at radius 1 is 1.00 bits per heavy atom. The van der Waals surface area contributed by atoms with Crippen molar-refractivity contribution in [3.63, 3.8) is 0 Å². The van der Waals surface area contributed by atoms with E-state index >= 15 is 0 Å². The zero-order valence-electron chi connectivity index (χ0n) is 21.4. The minimum Gasteiger partial charge on any atom is -0.364 e. The molecule has 10 heteroatoms. The van der Waals surface area contributed by atoms with E-state index in [9.17, 15) is 14.4 Å². The summed E-state index contributed by atoms with van der Waals surface area (Å²) >= 11 is 8.04. The van der Waals surface area contributed by atoms with Gasteiger partial charge in [-0.25, -0.2) is 4.68 Å². The fraction of sp³-hybridized carbons (Fsp3) is 0.172. The van der Waals surface area contributed by atoms with Gasteiger partial charge in [0.1, 0.15) is 0 Å². The summed E-state index contributed by atoms with van der Waals surface area (Å²) in [5.41, 5.74) is 11.5. The van der Waals surface area contributed by atoms with Gasteiger partial charge >= 0.3 is 0 Å². The monoisotopic (exact) mass is 559 g/mol. The number of benzene rings is 3. The minimum atomic E-state index is -0.579. The van der Waals surface area contributed by atoms with Crippen molar-refractivity contribution in [2.75, 3.05) is 16.4 Å². The zero-order chi connectivity index (χ0) is 27.7. The van der Waals surface area contributed by atoms with E-state index in [-0.39, 0.29) is 22.2 Å². The SMILES string of the molecule is CCSc1ccc(-n2nc(C(N)=O)c3c2-c2cc(NC(=O)c4cc(NC(C)=O)ccc4Cl)ccc2CC3)cc1. The van der Waals surface area contributed by atoms with Crippen LogP contribution in [0.1, 0.15) is 45.8 Å². The first kappa shape index (κ1) is 26.5. The van der Waals surface area contributed by atoms with Gasteiger partial charge in [-0.05, 0) is 78.8 Å². The molecule has 0 spiro atoms. The third-order valence-corrected chi connectivity index (χ3v) is 7.63. The molecule has 4 aromatic rings. The molecule has 0 saturated heterocycles. The number of carbonyl (C=O) groups excluding carboxylic acids is 3. The first-order valence-electron chi connectivity index (χ1n) is 12.4. The van der Waals surface area contributed by atoms with Crippen LogP contribution in [0.4, 0.5) is 11.4 Å². The summed E-state index contributed by atoms with van der Waals surface area (Å²) in [6.45, 7) is 3.49. The number of primary amides is 1. The van der Waals surface area contributed by atoms with E-state index in [1.165, 1.54) is 13.0 Å². The van der Waals surface area contributed by atoms with Crippen LogP contribution in [0.5, 0.6) is 0 Å². The quantitative estimate of drug-likeness (QED) is 0.250. The van der Waals surface area contributed by atoms with Crippen molar-refractivity contribution in [1.82, 2.24) is 9.78 Å². The van der Waals surface area contributed by atoms with Gasteiger partial charge in [0.25, 0.3) is 11.8 Å². The molecule has 39 heavy (non-hydrogen) atoms. The summed E-state index contributed by atoms with van der Waals surface area (Å²) in [6, 6.07) is 18.4. The van der Waals surface area contributed by atoms with E-state index in [1.54, 1.807) is 28.6 Å². The Balaban J connectivity index is 1.54. The van der Waals surface area contributed by atoms with Gasteiger partial charge in [0.05, 0.1) is 22.0 Å². The van der Waals surface area contributed by atoms with Crippen molar-refractivity contribution < 1.29 is 14.4 Å². The maximum atomic E-state index is 13.2. The van der Waals surface area contributed by atoms with Crippen LogP contribution in [-0.4, -0.2) is 33.3 Å². The van der Waals surface area contributed by atoms with Gasteiger partial charge in [-0.2, -0.15) is 5.10 Å². The van der Waals surface area contributed by atoms with E-state index in [2.05, 4.69) is 22.7 Å². The molecule has 1 aliphatic carbocycles. The molecule has 0 atom stereocenters. The number of nitrogens with one attached hydrogen (secondary N) is 2. The Hall–Kier alpha value is -4.08. The Bertz CT molecular complexity index is 1610. The molecule has 0 saturated carbocycles. The summed E-state index contributed by atoms with van der Waals surface area (Å²) in [5, 5.41) is 10.4. The van der Waals surface area contributed by atoms with Gasteiger partial charge in [0, 0.05) is 34.3 Å². The molecule has 0 bridgehead atoms. The molecule has 3 aromatic carbocycles. The number of halogens is 1. The van der Waals surface area contributed by atoms with E-state index < -0.39 is 11.8 Å². The molecule has 0 fully saturated rings. The number of hydrogen-bond donors (Lipinski definition) is 3. The number of anilines is 2. The molecule has 0 unspecified atom stereocenters. The lowest BCUT2D eigenvalue weighted by Crippen LogP contribution is -2.16. The highest BCUT2D eigenvalue weighted by atomic mass is 35.5. The molecule has 1 heterocycles. The Labute approximate surface area is 234 Å². The first-order chi connectivity index (χ1) is 18.7. The highest BCUT2D eigenvalue weighted by molar-refractivity contribution is 7.99. The average molecular weight is 560 g/mol. The van der Waals surface area contributed by atoms with Crippen LogP contribution >= 0.6 is 23.4 Å². The Morgan fingerprint density at radius 2 is 1.72 bits per heavy atom. The van der Waals surface area contributed by atoms with Gasteiger partial charge in [0.2, 0.25) is 5.91 Å². The van der Waals surface area contributed by atoms with Gasteiger partial charge < -0.3 is 16.4 Å². The molecular formula is C29H26ClN5O3S. The van der Waals surface area contributed by atoms with Gasteiger partial charge in [-0.3, -0.25) is 14.4 Å². The molecular weight excluding hydrogens is 534 g/mol. The van der Waals surface area contributed by atoms with Crippen LogP contribution in [0.15, 0.2) is 65.6 Å². The normalized spacial score (nSPS) is 11.9.